The van der Waals surface area contributed by atoms with Crippen molar-refractivity contribution in [3.63, 3.8) is 0 Å². The number of anilines is 1. The molecule has 1 saturated heterocycles. The molecule has 1 aromatic rings. The van der Waals surface area contributed by atoms with Crippen molar-refractivity contribution in [1.82, 2.24) is 9.80 Å². The number of hydrogen-bond donors (Lipinski definition) is 1. The largest absolute Gasteiger partial charge is 0.339 e. The first-order chi connectivity index (χ1) is 9.99. The lowest BCUT2D eigenvalue weighted by Crippen LogP contribution is -2.52. The molecule has 0 aliphatic carbocycles. The molecule has 0 radical (unpaired) electrons. The van der Waals surface area contributed by atoms with Crippen LogP contribution in [0.5, 0.6) is 0 Å². The van der Waals surface area contributed by atoms with Crippen molar-refractivity contribution in [2.45, 2.75) is 6.92 Å². The van der Waals surface area contributed by atoms with E-state index in [1.165, 1.54) is 30.0 Å². The van der Waals surface area contributed by atoms with Gasteiger partial charge in [0, 0.05) is 33.1 Å². The molecule has 1 aromatic carbocycles. The number of amides is 3. The standard InChI is InChI=1S/C14H16FN3O3/c1-10(19)17-6-8-18(9-7-17)14(21)13(20)16-12-5-3-2-4-11(12)15/h2-5H,6-9H2,1H3,(H,16,20). The number of nitrogens with one attached hydrogen (secondary N) is 1. The molecule has 1 N–H and O–H groups in total. The van der Waals surface area contributed by atoms with Crippen LogP contribution < -0.4 is 5.32 Å². The van der Waals surface area contributed by atoms with E-state index in [0.29, 0.717) is 26.2 Å². The smallest absolute Gasteiger partial charge is 0.313 e. The molecule has 6 nitrogen and oxygen atoms in total. The Morgan fingerprint density at radius 2 is 1.62 bits per heavy atom. The van der Waals surface area contributed by atoms with Gasteiger partial charge in [0.25, 0.3) is 0 Å². The summed E-state index contributed by atoms with van der Waals surface area (Å²) >= 11 is 0. The second-order valence-corrected chi connectivity index (χ2v) is 4.73. The molecule has 7 heteroatoms. The number of piperazine rings is 1. The van der Waals surface area contributed by atoms with Crippen molar-refractivity contribution in [2.24, 2.45) is 0 Å². The highest BCUT2D eigenvalue weighted by atomic mass is 19.1. The van der Waals surface area contributed by atoms with E-state index in [4.69, 9.17) is 0 Å². The summed E-state index contributed by atoms with van der Waals surface area (Å²) in [7, 11) is 0. The van der Waals surface area contributed by atoms with Crippen LogP contribution in [0.15, 0.2) is 24.3 Å². The van der Waals surface area contributed by atoms with E-state index in [1.807, 2.05) is 0 Å². The van der Waals surface area contributed by atoms with Gasteiger partial charge >= 0.3 is 11.8 Å². The van der Waals surface area contributed by atoms with Crippen LogP contribution in [0.2, 0.25) is 0 Å². The molecule has 1 heterocycles. The molecule has 1 aliphatic rings. The normalized spacial score (nSPS) is 14.8. The molecule has 0 atom stereocenters. The van der Waals surface area contributed by atoms with Gasteiger partial charge < -0.3 is 15.1 Å². The van der Waals surface area contributed by atoms with Crippen molar-refractivity contribution in [3.8, 4) is 0 Å². The number of halogens is 1. The zero-order chi connectivity index (χ0) is 15.4. The van der Waals surface area contributed by atoms with E-state index in [-0.39, 0.29) is 11.6 Å². The SMILES string of the molecule is CC(=O)N1CCN(C(=O)C(=O)Nc2ccccc2F)CC1. The highest BCUT2D eigenvalue weighted by Gasteiger charge is 2.27. The van der Waals surface area contributed by atoms with Gasteiger partial charge in [-0.2, -0.15) is 0 Å². The highest BCUT2D eigenvalue weighted by molar-refractivity contribution is 6.39. The van der Waals surface area contributed by atoms with Crippen molar-refractivity contribution in [1.29, 1.82) is 0 Å². The lowest BCUT2D eigenvalue weighted by atomic mass is 10.2. The fourth-order valence-corrected chi connectivity index (χ4v) is 2.11. The van der Waals surface area contributed by atoms with Gasteiger partial charge in [0.1, 0.15) is 5.82 Å². The van der Waals surface area contributed by atoms with E-state index in [0.717, 1.165) is 0 Å². The Morgan fingerprint density at radius 3 is 2.19 bits per heavy atom. The second kappa shape index (κ2) is 6.34. The number of benzene rings is 1. The Morgan fingerprint density at radius 1 is 1.05 bits per heavy atom. The number of rotatable bonds is 1. The summed E-state index contributed by atoms with van der Waals surface area (Å²) in [5, 5.41) is 2.26. The average molecular weight is 293 g/mol. The van der Waals surface area contributed by atoms with Crippen LogP contribution in [0.4, 0.5) is 10.1 Å². The predicted octanol–water partition coefficient (Wildman–Crippen LogP) is 0.455. The minimum absolute atomic E-state index is 0.0294. The summed E-state index contributed by atoms with van der Waals surface area (Å²) < 4.78 is 13.4. The van der Waals surface area contributed by atoms with Crippen LogP contribution in [0.25, 0.3) is 0 Å². The Kier molecular flexibility index (Phi) is 4.52. The Balaban J connectivity index is 1.93. The summed E-state index contributed by atoms with van der Waals surface area (Å²) in [5.41, 5.74) is -0.0294. The van der Waals surface area contributed by atoms with Crippen LogP contribution in [0, 0.1) is 5.82 Å². The first kappa shape index (κ1) is 15.0. The molecule has 0 spiro atoms. The maximum Gasteiger partial charge on any atom is 0.313 e. The summed E-state index contributed by atoms with van der Waals surface area (Å²) in [6, 6.07) is 5.64. The molecule has 2 rings (SSSR count). The van der Waals surface area contributed by atoms with E-state index >= 15 is 0 Å². The van der Waals surface area contributed by atoms with Gasteiger partial charge in [0.2, 0.25) is 5.91 Å². The number of nitrogens with zero attached hydrogens (tertiary/aromatic N) is 2. The van der Waals surface area contributed by atoms with Crippen LogP contribution in [-0.4, -0.2) is 53.7 Å². The molecule has 3 amide bonds. The number of carbonyl (C=O) groups excluding carboxylic acids is 3. The maximum atomic E-state index is 13.4. The molecule has 0 aromatic heterocycles. The first-order valence-corrected chi connectivity index (χ1v) is 6.59. The number of hydrogen-bond acceptors (Lipinski definition) is 3. The molecule has 21 heavy (non-hydrogen) atoms. The van der Waals surface area contributed by atoms with Crippen LogP contribution in [-0.2, 0) is 14.4 Å². The molecule has 0 saturated carbocycles. The average Bonchev–Trinajstić information content (AvgIpc) is 2.49. The third-order valence-corrected chi connectivity index (χ3v) is 3.33. The molecule has 0 unspecified atom stereocenters. The first-order valence-electron chi connectivity index (χ1n) is 6.59. The van der Waals surface area contributed by atoms with E-state index < -0.39 is 17.6 Å². The number of para-hydroxylation sites is 1. The van der Waals surface area contributed by atoms with E-state index in [9.17, 15) is 18.8 Å². The zero-order valence-corrected chi connectivity index (χ0v) is 11.6. The monoisotopic (exact) mass is 293 g/mol. The maximum absolute atomic E-state index is 13.4. The third kappa shape index (κ3) is 3.56. The minimum atomic E-state index is -0.878. The predicted molar refractivity (Wildman–Crippen MR) is 73.9 cm³/mol. The van der Waals surface area contributed by atoms with Crippen molar-refractivity contribution in [2.75, 3.05) is 31.5 Å². The molecular formula is C14H16FN3O3. The Bertz CT molecular complexity index is 568. The van der Waals surface area contributed by atoms with Crippen LogP contribution >= 0.6 is 0 Å². The Labute approximate surface area is 121 Å². The lowest BCUT2D eigenvalue weighted by molar-refractivity contribution is -0.145. The van der Waals surface area contributed by atoms with Gasteiger partial charge in [0.05, 0.1) is 5.69 Å². The highest BCUT2D eigenvalue weighted by Crippen LogP contribution is 2.12. The van der Waals surface area contributed by atoms with Gasteiger partial charge in [-0.3, -0.25) is 14.4 Å². The molecule has 1 aliphatic heterocycles. The van der Waals surface area contributed by atoms with Gasteiger partial charge in [-0.1, -0.05) is 12.1 Å². The Hall–Kier alpha value is -2.44. The summed E-state index contributed by atoms with van der Waals surface area (Å²) in [6.07, 6.45) is 0. The van der Waals surface area contributed by atoms with Crippen LogP contribution in [0.1, 0.15) is 6.92 Å². The third-order valence-electron chi connectivity index (χ3n) is 3.33. The molecule has 112 valence electrons. The fraction of sp³-hybridized carbons (Fsp3) is 0.357. The van der Waals surface area contributed by atoms with Crippen LogP contribution in [0.3, 0.4) is 0 Å². The summed E-state index contributed by atoms with van der Waals surface area (Å²) in [5.74, 6) is -2.25. The second-order valence-electron chi connectivity index (χ2n) is 4.73. The van der Waals surface area contributed by atoms with E-state index in [1.54, 1.807) is 11.0 Å². The summed E-state index contributed by atoms with van der Waals surface area (Å²) in [6.45, 7) is 2.84. The van der Waals surface area contributed by atoms with Gasteiger partial charge in [-0.15, -0.1) is 0 Å². The van der Waals surface area contributed by atoms with Crippen molar-refractivity contribution < 1.29 is 18.8 Å². The topological polar surface area (TPSA) is 69.7 Å². The lowest BCUT2D eigenvalue weighted by Gasteiger charge is -2.33. The summed E-state index contributed by atoms with van der Waals surface area (Å²) in [4.78, 5) is 38.0. The quantitative estimate of drug-likeness (QED) is 0.765. The molecular weight excluding hydrogens is 277 g/mol. The van der Waals surface area contributed by atoms with E-state index in [2.05, 4.69) is 5.32 Å². The van der Waals surface area contributed by atoms with Gasteiger partial charge in [0.15, 0.2) is 0 Å². The van der Waals surface area contributed by atoms with Crippen molar-refractivity contribution in [3.05, 3.63) is 30.1 Å². The van der Waals surface area contributed by atoms with Gasteiger partial charge in [-0.05, 0) is 12.1 Å². The molecule has 1 fully saturated rings. The zero-order valence-electron chi connectivity index (χ0n) is 11.6. The van der Waals surface area contributed by atoms with Gasteiger partial charge in [-0.25, -0.2) is 4.39 Å². The fourth-order valence-electron chi connectivity index (χ4n) is 2.11. The minimum Gasteiger partial charge on any atom is -0.339 e. The van der Waals surface area contributed by atoms with Crippen molar-refractivity contribution >= 4 is 23.4 Å². The molecule has 0 bridgehead atoms. The number of carbonyl (C=O) groups is 3.